The summed E-state index contributed by atoms with van der Waals surface area (Å²) in [6.45, 7) is 2.30. The van der Waals surface area contributed by atoms with E-state index in [4.69, 9.17) is 9.98 Å². The fraction of sp³-hybridized carbons (Fsp3) is 0.655. The van der Waals surface area contributed by atoms with Crippen molar-refractivity contribution in [2.24, 2.45) is 4.99 Å². The van der Waals surface area contributed by atoms with Gasteiger partial charge in [-0.15, -0.1) is 0 Å². The van der Waals surface area contributed by atoms with Crippen molar-refractivity contribution in [1.82, 2.24) is 4.98 Å². The van der Waals surface area contributed by atoms with Crippen LogP contribution in [0.4, 0.5) is 5.69 Å². The van der Waals surface area contributed by atoms with Crippen LogP contribution in [-0.2, 0) is 11.5 Å². The minimum absolute atomic E-state index is 1.03. The first-order chi connectivity index (χ1) is 15.9. The molecule has 0 N–H and O–H groups in total. The highest BCUT2D eigenvalue weighted by molar-refractivity contribution is 7.98. The molecular weight excluding hydrogens is 408 g/mol. The molecule has 1 aromatic carbocycles. The van der Waals surface area contributed by atoms with Crippen molar-refractivity contribution >= 4 is 34.6 Å². The summed E-state index contributed by atoms with van der Waals surface area (Å²) in [5.41, 5.74) is 4.87. The molecule has 2 nitrogen and oxygen atoms in total. The van der Waals surface area contributed by atoms with Crippen molar-refractivity contribution in [1.29, 1.82) is 0 Å². The van der Waals surface area contributed by atoms with E-state index in [1.165, 1.54) is 119 Å². The predicted molar refractivity (Wildman–Crippen MR) is 144 cm³/mol. The third-order valence-corrected chi connectivity index (χ3v) is 7.66. The highest BCUT2D eigenvalue weighted by atomic mass is 32.2. The molecule has 0 radical (unpaired) electrons. The Bertz CT molecular complexity index is 814. The molecule has 0 spiro atoms. The van der Waals surface area contributed by atoms with Crippen LogP contribution in [0.15, 0.2) is 29.3 Å². The lowest BCUT2D eigenvalue weighted by atomic mass is 10.0. The average Bonchev–Trinajstić information content (AvgIpc) is 3.28. The van der Waals surface area contributed by atoms with Gasteiger partial charge in [0.2, 0.25) is 0 Å². The summed E-state index contributed by atoms with van der Waals surface area (Å²) in [5.74, 6) is 2.08. The van der Waals surface area contributed by atoms with Crippen LogP contribution in [0.3, 0.4) is 0 Å². The van der Waals surface area contributed by atoms with Gasteiger partial charge < -0.3 is 0 Å². The van der Waals surface area contributed by atoms with Gasteiger partial charge in [-0.25, -0.2) is 0 Å². The quantitative estimate of drug-likeness (QED) is 0.176. The highest BCUT2D eigenvalue weighted by Gasteiger charge is 2.19. The Balaban J connectivity index is 1.22. The van der Waals surface area contributed by atoms with E-state index in [2.05, 4.69) is 37.4 Å². The van der Waals surface area contributed by atoms with E-state index in [9.17, 15) is 0 Å². The van der Waals surface area contributed by atoms with Crippen LogP contribution < -0.4 is 0 Å². The lowest BCUT2D eigenvalue weighted by Gasteiger charge is -2.07. The monoisotopic (exact) mass is 452 g/mol. The van der Waals surface area contributed by atoms with Gasteiger partial charge in [-0.1, -0.05) is 115 Å². The van der Waals surface area contributed by atoms with E-state index < -0.39 is 0 Å². The first-order valence-electron chi connectivity index (χ1n) is 13.4. The molecule has 2 heterocycles. The second-order valence-corrected chi connectivity index (χ2v) is 10.4. The number of thioether (sulfide) groups is 1. The number of benzene rings is 1. The van der Waals surface area contributed by atoms with E-state index >= 15 is 0 Å². The van der Waals surface area contributed by atoms with Crippen LogP contribution in [-0.4, -0.2) is 11.2 Å². The van der Waals surface area contributed by atoms with E-state index in [-0.39, 0.29) is 0 Å². The van der Waals surface area contributed by atoms with Gasteiger partial charge in [-0.2, -0.15) is 11.8 Å². The molecule has 3 heteroatoms. The van der Waals surface area contributed by atoms with Gasteiger partial charge in [-0.05, 0) is 18.9 Å². The molecule has 0 atom stereocenters. The third-order valence-electron chi connectivity index (χ3n) is 6.69. The zero-order valence-electron chi connectivity index (χ0n) is 20.4. The summed E-state index contributed by atoms with van der Waals surface area (Å²) in [7, 11) is 0. The van der Waals surface area contributed by atoms with Crippen LogP contribution in [0.5, 0.6) is 0 Å². The lowest BCUT2D eigenvalue weighted by Crippen LogP contribution is -1.91. The van der Waals surface area contributed by atoms with Crippen molar-refractivity contribution in [3.8, 4) is 0 Å². The van der Waals surface area contributed by atoms with Crippen LogP contribution in [0.2, 0.25) is 0 Å². The predicted octanol–water partition coefficient (Wildman–Crippen LogP) is 9.95. The molecule has 0 amide bonds. The smallest absolute Gasteiger partial charge is 0.0778 e. The summed E-state index contributed by atoms with van der Waals surface area (Å²) < 4.78 is 0. The van der Waals surface area contributed by atoms with Crippen molar-refractivity contribution < 1.29 is 0 Å². The SMILES string of the molecule is CCCCCCCCCCCCCCCCC/C=N\c1c2c(nc3ccccc13)CSC2. The molecule has 1 aliphatic rings. The Morgan fingerprint density at radius 3 is 2.03 bits per heavy atom. The standard InChI is InChI=1S/C29H44N2S/c1-2-3-4-5-6-7-8-9-10-11-12-13-14-15-16-19-22-30-29-25-20-17-18-21-27(25)31-28-24-32-23-26(28)29/h17-18,20-22H,2-16,19,23-24H2,1H3/b30-22-. The minimum atomic E-state index is 1.03. The van der Waals surface area contributed by atoms with Crippen LogP contribution in [0.1, 0.15) is 121 Å². The second-order valence-electron chi connectivity index (χ2n) is 9.45. The Kier molecular flexibility index (Phi) is 12.2. The highest BCUT2D eigenvalue weighted by Crippen LogP contribution is 2.39. The normalized spacial score (nSPS) is 13.4. The molecule has 0 unspecified atom stereocenters. The van der Waals surface area contributed by atoms with E-state index in [1.54, 1.807) is 0 Å². The Hall–Kier alpha value is -1.35. The second kappa shape index (κ2) is 15.5. The van der Waals surface area contributed by atoms with E-state index in [1.807, 2.05) is 11.8 Å². The van der Waals surface area contributed by atoms with E-state index in [0.717, 1.165) is 23.4 Å². The maximum atomic E-state index is 4.93. The Morgan fingerprint density at radius 2 is 1.38 bits per heavy atom. The van der Waals surface area contributed by atoms with Gasteiger partial charge in [-0.3, -0.25) is 9.98 Å². The van der Waals surface area contributed by atoms with Gasteiger partial charge in [0, 0.05) is 28.7 Å². The summed E-state index contributed by atoms with van der Waals surface area (Å²) in [5, 5.41) is 1.21. The molecule has 0 aliphatic carbocycles. The van der Waals surface area contributed by atoms with Crippen LogP contribution >= 0.6 is 11.8 Å². The van der Waals surface area contributed by atoms with Gasteiger partial charge >= 0.3 is 0 Å². The first-order valence-corrected chi connectivity index (χ1v) is 14.6. The van der Waals surface area contributed by atoms with Crippen molar-refractivity contribution in [3.63, 3.8) is 0 Å². The molecule has 1 aliphatic heterocycles. The van der Waals surface area contributed by atoms with Crippen LogP contribution in [0, 0.1) is 0 Å². The Labute approximate surface area is 201 Å². The number of para-hydroxylation sites is 1. The number of rotatable bonds is 17. The Morgan fingerprint density at radius 1 is 0.781 bits per heavy atom. The first kappa shape index (κ1) is 25.3. The third kappa shape index (κ3) is 8.54. The van der Waals surface area contributed by atoms with Gasteiger partial charge in [0.25, 0.3) is 0 Å². The average molecular weight is 453 g/mol. The number of pyridine rings is 1. The maximum absolute atomic E-state index is 4.93. The lowest BCUT2D eigenvalue weighted by molar-refractivity contribution is 0.533. The molecule has 32 heavy (non-hydrogen) atoms. The molecule has 0 fully saturated rings. The summed E-state index contributed by atoms with van der Waals surface area (Å²) in [6, 6.07) is 8.47. The largest absolute Gasteiger partial charge is 0.260 e. The number of aromatic nitrogens is 1. The molecule has 0 saturated carbocycles. The molecule has 176 valence electrons. The van der Waals surface area contributed by atoms with Crippen molar-refractivity contribution in [2.45, 2.75) is 121 Å². The number of nitrogens with zero attached hydrogens (tertiary/aromatic N) is 2. The fourth-order valence-electron chi connectivity index (χ4n) is 4.71. The van der Waals surface area contributed by atoms with E-state index in [0.29, 0.717) is 0 Å². The number of unbranched alkanes of at least 4 members (excludes halogenated alkanes) is 15. The number of aliphatic imine (C=N–C) groups is 1. The molecule has 0 bridgehead atoms. The summed E-state index contributed by atoms with van der Waals surface area (Å²) >= 11 is 1.96. The molecule has 2 aromatic rings. The van der Waals surface area contributed by atoms with Gasteiger partial charge in [0.15, 0.2) is 0 Å². The molecule has 3 rings (SSSR count). The topological polar surface area (TPSA) is 25.2 Å². The minimum Gasteiger partial charge on any atom is -0.260 e. The number of fused-ring (bicyclic) bond motifs is 2. The van der Waals surface area contributed by atoms with Crippen molar-refractivity contribution in [2.75, 3.05) is 0 Å². The zero-order valence-corrected chi connectivity index (χ0v) is 21.2. The summed E-state index contributed by atoms with van der Waals surface area (Å²) in [4.78, 5) is 9.78. The van der Waals surface area contributed by atoms with Crippen molar-refractivity contribution in [3.05, 3.63) is 35.5 Å². The van der Waals surface area contributed by atoms with Gasteiger partial charge in [0.05, 0.1) is 16.9 Å². The number of hydrogen-bond acceptors (Lipinski definition) is 3. The maximum Gasteiger partial charge on any atom is 0.0778 e. The summed E-state index contributed by atoms with van der Waals surface area (Å²) in [6.07, 6.45) is 24.5. The van der Waals surface area contributed by atoms with Crippen LogP contribution in [0.25, 0.3) is 10.9 Å². The molecule has 0 saturated heterocycles. The fourth-order valence-corrected chi connectivity index (χ4v) is 5.76. The van der Waals surface area contributed by atoms with Gasteiger partial charge in [0.1, 0.15) is 0 Å². The molecular formula is C29H44N2S. The molecule has 1 aromatic heterocycles. The zero-order chi connectivity index (χ0) is 22.3. The number of hydrogen-bond donors (Lipinski definition) is 0.